The number of hydrogen-bond donors (Lipinski definition) is 0. The van der Waals surface area contributed by atoms with Gasteiger partial charge in [0, 0.05) is 13.1 Å². The topological polar surface area (TPSA) is 72.9 Å². The molecule has 1 aliphatic rings. The molecule has 0 aliphatic carbocycles. The molecule has 2 aromatic rings. The first-order valence-corrected chi connectivity index (χ1v) is 10.3. The quantitative estimate of drug-likeness (QED) is 0.556. The van der Waals surface area contributed by atoms with Crippen molar-refractivity contribution in [2.75, 3.05) is 20.2 Å². The molecule has 1 fully saturated rings. The van der Waals surface area contributed by atoms with E-state index in [4.69, 9.17) is 21.1 Å². The van der Waals surface area contributed by atoms with Crippen LogP contribution in [-0.4, -0.2) is 38.9 Å². The summed E-state index contributed by atoms with van der Waals surface area (Å²) in [5.74, 6) is -0.0130. The fourth-order valence-corrected chi connectivity index (χ4v) is 4.93. The molecule has 0 unspecified atom stereocenters. The Balaban J connectivity index is 1.91. The van der Waals surface area contributed by atoms with Gasteiger partial charge in [-0.05, 0) is 55.7 Å². The number of carbonyl (C=O) groups excluding carboxylic acids is 1. The number of methoxy groups -OCH3 is 1. The van der Waals surface area contributed by atoms with Crippen molar-refractivity contribution in [2.45, 2.75) is 24.7 Å². The highest BCUT2D eigenvalue weighted by atomic mass is 35.5. The number of carbonyl (C=O) groups is 1. The first-order valence-electron chi connectivity index (χ1n) is 8.49. The number of aryl methyl sites for hydroxylation is 1. The van der Waals surface area contributed by atoms with E-state index in [0.717, 1.165) is 18.4 Å². The molecular weight excluding hydrogens is 390 g/mol. The molecule has 0 N–H and O–H groups in total. The molecule has 0 amide bonds. The minimum Gasteiger partial charge on any atom is -0.493 e. The third-order valence-electron chi connectivity index (χ3n) is 4.37. The van der Waals surface area contributed by atoms with Crippen molar-refractivity contribution in [1.29, 1.82) is 0 Å². The molecule has 0 spiro atoms. The molecule has 8 heteroatoms. The van der Waals surface area contributed by atoms with Crippen LogP contribution in [0.15, 0.2) is 41.3 Å². The molecule has 2 aromatic carbocycles. The standard InChI is InChI=1S/C19H20ClNO5S/c1-13-5-8-16(17(11-13)25-2)26-19(22)14-6-7-15(20)18(12-14)27(23,24)21-9-3-4-10-21/h5-8,11-12H,3-4,9-10H2,1-2H3. The van der Waals surface area contributed by atoms with Gasteiger partial charge >= 0.3 is 5.97 Å². The monoisotopic (exact) mass is 409 g/mol. The fraction of sp³-hybridized carbons (Fsp3) is 0.316. The SMILES string of the molecule is COc1cc(C)ccc1OC(=O)c1ccc(Cl)c(S(=O)(=O)N2CCCC2)c1. The Bertz CT molecular complexity index is 968. The first-order chi connectivity index (χ1) is 12.8. The Morgan fingerprint density at radius 1 is 1.07 bits per heavy atom. The molecule has 3 rings (SSSR count). The van der Waals surface area contributed by atoms with Crippen LogP contribution in [0.4, 0.5) is 0 Å². The lowest BCUT2D eigenvalue weighted by atomic mass is 10.2. The zero-order valence-electron chi connectivity index (χ0n) is 15.1. The zero-order valence-corrected chi connectivity index (χ0v) is 16.6. The number of rotatable bonds is 5. The second-order valence-electron chi connectivity index (χ2n) is 6.30. The van der Waals surface area contributed by atoms with Gasteiger partial charge in [0.25, 0.3) is 0 Å². The van der Waals surface area contributed by atoms with Crippen LogP contribution in [-0.2, 0) is 10.0 Å². The number of hydrogen-bond acceptors (Lipinski definition) is 5. The lowest BCUT2D eigenvalue weighted by Crippen LogP contribution is -2.28. The van der Waals surface area contributed by atoms with Crippen molar-refractivity contribution < 1.29 is 22.7 Å². The van der Waals surface area contributed by atoms with Gasteiger partial charge in [-0.1, -0.05) is 17.7 Å². The van der Waals surface area contributed by atoms with Gasteiger partial charge in [-0.3, -0.25) is 0 Å². The van der Waals surface area contributed by atoms with Crippen molar-refractivity contribution in [3.8, 4) is 11.5 Å². The Labute approximate surface area is 163 Å². The minimum atomic E-state index is -3.75. The molecule has 0 bridgehead atoms. The van der Waals surface area contributed by atoms with Crippen molar-refractivity contribution in [3.63, 3.8) is 0 Å². The molecule has 1 heterocycles. The Kier molecular flexibility index (Phi) is 5.74. The Morgan fingerprint density at radius 2 is 1.78 bits per heavy atom. The second-order valence-corrected chi connectivity index (χ2v) is 8.61. The smallest absolute Gasteiger partial charge is 0.343 e. The van der Waals surface area contributed by atoms with Gasteiger partial charge in [0.05, 0.1) is 17.7 Å². The van der Waals surface area contributed by atoms with Crippen LogP contribution in [0.2, 0.25) is 5.02 Å². The molecule has 27 heavy (non-hydrogen) atoms. The van der Waals surface area contributed by atoms with E-state index in [2.05, 4.69) is 0 Å². The third kappa shape index (κ3) is 4.10. The van der Waals surface area contributed by atoms with Crippen molar-refractivity contribution >= 4 is 27.6 Å². The first kappa shape index (κ1) is 19.7. The zero-order chi connectivity index (χ0) is 19.6. The van der Waals surface area contributed by atoms with E-state index in [1.807, 2.05) is 6.92 Å². The van der Waals surface area contributed by atoms with Crippen molar-refractivity contribution in [1.82, 2.24) is 4.31 Å². The Hall–Kier alpha value is -2.09. The lowest BCUT2D eigenvalue weighted by Gasteiger charge is -2.17. The van der Waals surface area contributed by atoms with Gasteiger partial charge in [0.1, 0.15) is 4.90 Å². The van der Waals surface area contributed by atoms with E-state index in [1.165, 1.54) is 29.6 Å². The van der Waals surface area contributed by atoms with Crippen molar-refractivity contribution in [2.24, 2.45) is 0 Å². The molecule has 144 valence electrons. The lowest BCUT2D eigenvalue weighted by molar-refractivity contribution is 0.0729. The highest BCUT2D eigenvalue weighted by Crippen LogP contribution is 2.31. The number of benzene rings is 2. The number of nitrogens with zero attached hydrogens (tertiary/aromatic N) is 1. The summed E-state index contributed by atoms with van der Waals surface area (Å²) in [5, 5.41) is 0.0753. The minimum absolute atomic E-state index is 0.0753. The highest BCUT2D eigenvalue weighted by molar-refractivity contribution is 7.89. The molecule has 0 radical (unpaired) electrons. The third-order valence-corrected chi connectivity index (χ3v) is 6.75. The Morgan fingerprint density at radius 3 is 2.44 bits per heavy atom. The average molecular weight is 410 g/mol. The van der Waals surface area contributed by atoms with Crippen LogP contribution >= 0.6 is 11.6 Å². The van der Waals surface area contributed by atoms with Crippen LogP contribution in [0.1, 0.15) is 28.8 Å². The number of ether oxygens (including phenoxy) is 2. The summed E-state index contributed by atoms with van der Waals surface area (Å²) < 4.78 is 37.6. The van der Waals surface area contributed by atoms with Crippen LogP contribution in [0.3, 0.4) is 0 Å². The van der Waals surface area contributed by atoms with E-state index in [1.54, 1.807) is 18.2 Å². The maximum Gasteiger partial charge on any atom is 0.343 e. The maximum atomic E-state index is 12.8. The molecule has 1 aliphatic heterocycles. The van der Waals surface area contributed by atoms with E-state index in [0.29, 0.717) is 18.8 Å². The van der Waals surface area contributed by atoms with Crippen LogP contribution in [0, 0.1) is 6.92 Å². The molecule has 1 saturated heterocycles. The van der Waals surface area contributed by atoms with E-state index < -0.39 is 16.0 Å². The van der Waals surface area contributed by atoms with Gasteiger partial charge in [-0.2, -0.15) is 4.31 Å². The van der Waals surface area contributed by atoms with E-state index in [9.17, 15) is 13.2 Å². The fourth-order valence-electron chi connectivity index (χ4n) is 2.91. The largest absolute Gasteiger partial charge is 0.493 e. The number of esters is 1. The van der Waals surface area contributed by atoms with E-state index >= 15 is 0 Å². The van der Waals surface area contributed by atoms with Crippen LogP contribution in [0.25, 0.3) is 0 Å². The summed E-state index contributed by atoms with van der Waals surface area (Å²) in [7, 11) is -2.27. The van der Waals surface area contributed by atoms with Gasteiger partial charge in [0.15, 0.2) is 11.5 Å². The number of halogens is 1. The average Bonchev–Trinajstić information content (AvgIpc) is 3.19. The molecule has 0 saturated carbocycles. The van der Waals surface area contributed by atoms with Gasteiger partial charge in [-0.25, -0.2) is 13.2 Å². The van der Waals surface area contributed by atoms with Crippen molar-refractivity contribution in [3.05, 3.63) is 52.5 Å². The molecule has 0 atom stereocenters. The molecular formula is C19H20ClNO5S. The molecule has 0 aromatic heterocycles. The van der Waals surface area contributed by atoms with E-state index in [-0.39, 0.29) is 21.2 Å². The summed E-state index contributed by atoms with van der Waals surface area (Å²) in [5.41, 5.74) is 1.05. The second kappa shape index (κ2) is 7.88. The summed E-state index contributed by atoms with van der Waals surface area (Å²) in [6.07, 6.45) is 1.62. The maximum absolute atomic E-state index is 12.8. The van der Waals surface area contributed by atoms with Crippen LogP contribution in [0.5, 0.6) is 11.5 Å². The highest BCUT2D eigenvalue weighted by Gasteiger charge is 2.30. The van der Waals surface area contributed by atoms with Crippen LogP contribution < -0.4 is 9.47 Å². The predicted octanol–water partition coefficient (Wildman–Crippen LogP) is 3.66. The summed E-state index contributed by atoms with van der Waals surface area (Å²) in [6.45, 7) is 2.80. The summed E-state index contributed by atoms with van der Waals surface area (Å²) in [4.78, 5) is 12.5. The number of sulfonamides is 1. The normalized spacial score (nSPS) is 14.9. The van der Waals surface area contributed by atoms with Gasteiger partial charge in [0.2, 0.25) is 10.0 Å². The van der Waals surface area contributed by atoms with Gasteiger partial charge in [-0.15, -0.1) is 0 Å². The predicted molar refractivity (Wildman–Crippen MR) is 102 cm³/mol. The van der Waals surface area contributed by atoms with Gasteiger partial charge < -0.3 is 9.47 Å². The summed E-state index contributed by atoms with van der Waals surface area (Å²) in [6, 6.07) is 9.26. The summed E-state index contributed by atoms with van der Waals surface area (Å²) >= 11 is 6.11. The molecule has 6 nitrogen and oxygen atoms in total.